The molecule has 0 amide bonds. The number of hydrogen-bond acceptors (Lipinski definition) is 14. The number of alkyl halides is 1. The number of methoxy groups -OCH3 is 6. The lowest BCUT2D eigenvalue weighted by Gasteiger charge is -2.22. The second kappa shape index (κ2) is 26.3. The van der Waals surface area contributed by atoms with Gasteiger partial charge in [0.05, 0.1) is 55.9 Å². The van der Waals surface area contributed by atoms with Crippen LogP contribution in [0.3, 0.4) is 0 Å². The quantitative estimate of drug-likeness (QED) is 0.0238. The number of H-pyrrole nitrogens is 2. The lowest BCUT2D eigenvalue weighted by Crippen LogP contribution is -2.22. The average molecular weight is 1100 g/mol. The molecule has 0 saturated carbocycles. The van der Waals surface area contributed by atoms with Crippen LogP contribution in [0.15, 0.2) is 109 Å². The third kappa shape index (κ3) is 13.8. The molecule has 2 unspecified atom stereocenters. The van der Waals surface area contributed by atoms with Crippen LogP contribution in [0.1, 0.15) is 53.8 Å². The van der Waals surface area contributed by atoms with E-state index in [-0.39, 0.29) is 43.7 Å². The van der Waals surface area contributed by atoms with Gasteiger partial charge < -0.3 is 69.1 Å². The number of anilines is 2. The first-order valence-electron chi connectivity index (χ1n) is 23.2. The predicted molar refractivity (Wildman–Crippen MR) is 287 cm³/mol. The van der Waals surface area contributed by atoms with Crippen molar-refractivity contribution in [2.45, 2.75) is 24.7 Å². The number of ketones is 2. The van der Waals surface area contributed by atoms with Crippen molar-refractivity contribution in [2.24, 2.45) is 0 Å². The molecule has 0 bridgehead atoms. The summed E-state index contributed by atoms with van der Waals surface area (Å²) in [6.07, 6.45) is 3.33. The van der Waals surface area contributed by atoms with Gasteiger partial charge in [-0.15, -0.1) is 0 Å². The standard InChI is InChI=1S/C28H29FN2O6.C19H17BrFNO3.C9H13NO3/c1-16-9-22-23(15-30-24(22)14-25(16)35-3)28(33)27(21-6-5-17(29)10-26(21)36-4)31-18-11-19(34-2)13-20(12-18)37-8-7-32;1-10-6-13-14(9-22-15(13)8-16(10)24-2)19(23)18(20)12-5-4-11(21)7-17(12)25-3;1-12-8-4-7(10)5-9(6-8)13-3-2-11/h5-6,9-15,27,30-32H,7-8H2,1-4H3;4-9,18,22H,1-3H3;4-6,11H,2-3,10H2,1H3. The third-order valence-corrected chi connectivity index (χ3v) is 12.6. The topological polar surface area (TPSA) is 218 Å². The Morgan fingerprint density at radius 1 is 0.573 bits per heavy atom. The van der Waals surface area contributed by atoms with E-state index in [1.165, 1.54) is 51.7 Å². The zero-order valence-corrected chi connectivity index (χ0v) is 44.1. The van der Waals surface area contributed by atoms with Crippen LogP contribution in [-0.2, 0) is 0 Å². The maximum atomic E-state index is 14.1. The van der Waals surface area contributed by atoms with Crippen LogP contribution in [0, 0.1) is 25.5 Å². The van der Waals surface area contributed by atoms with Crippen LogP contribution in [0.4, 0.5) is 20.2 Å². The predicted octanol–water partition coefficient (Wildman–Crippen LogP) is 10.6. The summed E-state index contributed by atoms with van der Waals surface area (Å²) in [5.74, 6) is 2.90. The molecule has 7 N–H and O–H groups in total. The smallest absolute Gasteiger partial charge is 0.191 e. The van der Waals surface area contributed by atoms with Gasteiger partial charge in [-0.05, 0) is 55.3 Å². The lowest BCUT2D eigenvalue weighted by atomic mass is 9.95. The summed E-state index contributed by atoms with van der Waals surface area (Å²) in [5.41, 5.74) is 12.1. The third-order valence-electron chi connectivity index (χ3n) is 11.7. The molecular weight excluding hydrogens is 1040 g/mol. The van der Waals surface area contributed by atoms with Gasteiger partial charge in [0, 0.05) is 128 Å². The molecule has 396 valence electrons. The average Bonchev–Trinajstić information content (AvgIpc) is 4.03. The van der Waals surface area contributed by atoms with Gasteiger partial charge in [-0.2, -0.15) is 0 Å². The molecule has 2 aromatic heterocycles. The molecule has 75 heavy (non-hydrogen) atoms. The van der Waals surface area contributed by atoms with E-state index in [0.717, 1.165) is 38.7 Å². The fraction of sp³-hybridized carbons (Fsp3) is 0.250. The zero-order chi connectivity index (χ0) is 54.3. The largest absolute Gasteiger partial charge is 0.497 e. The summed E-state index contributed by atoms with van der Waals surface area (Å²) in [5, 5.41) is 22.5. The van der Waals surface area contributed by atoms with Crippen molar-refractivity contribution in [1.82, 2.24) is 9.97 Å². The Morgan fingerprint density at radius 2 is 1.01 bits per heavy atom. The monoisotopic (exact) mass is 1100 g/mol. The highest BCUT2D eigenvalue weighted by Crippen LogP contribution is 2.39. The van der Waals surface area contributed by atoms with Crippen molar-refractivity contribution in [3.8, 4) is 46.0 Å². The number of nitrogens with one attached hydrogen (secondary N) is 3. The van der Waals surface area contributed by atoms with Gasteiger partial charge in [-0.1, -0.05) is 22.0 Å². The van der Waals surface area contributed by atoms with Gasteiger partial charge in [0.2, 0.25) is 0 Å². The number of nitrogens with two attached hydrogens (primary N) is 1. The number of hydrogen-bond donors (Lipinski definition) is 6. The summed E-state index contributed by atoms with van der Waals surface area (Å²) in [4.78, 5) is 32.7. The minimum absolute atomic E-state index is 0.0168. The summed E-state index contributed by atoms with van der Waals surface area (Å²) in [6, 6.07) is 24.9. The summed E-state index contributed by atoms with van der Waals surface area (Å²) in [7, 11) is 9.15. The molecule has 0 saturated heterocycles. The van der Waals surface area contributed by atoms with Crippen molar-refractivity contribution < 1.29 is 66.5 Å². The Hall–Kier alpha value is -8.00. The number of aliphatic hydroxyl groups is 2. The molecule has 0 aliphatic rings. The van der Waals surface area contributed by atoms with Crippen molar-refractivity contribution >= 4 is 60.7 Å². The molecule has 0 radical (unpaired) electrons. The number of ether oxygens (including phenoxy) is 8. The van der Waals surface area contributed by atoms with E-state index in [9.17, 15) is 18.4 Å². The molecule has 0 fully saturated rings. The molecule has 0 spiro atoms. The van der Waals surface area contributed by atoms with Crippen molar-refractivity contribution in [3.63, 3.8) is 0 Å². The maximum Gasteiger partial charge on any atom is 0.191 e. The number of fused-ring (bicyclic) bond motifs is 2. The summed E-state index contributed by atoms with van der Waals surface area (Å²) in [6.45, 7) is 4.01. The molecule has 19 heteroatoms. The fourth-order valence-electron chi connectivity index (χ4n) is 8.04. The van der Waals surface area contributed by atoms with Gasteiger partial charge >= 0.3 is 0 Å². The summed E-state index contributed by atoms with van der Waals surface area (Å²) >= 11 is 3.43. The molecular formula is C56H59BrF2N4O12. The molecule has 0 aliphatic heterocycles. The summed E-state index contributed by atoms with van der Waals surface area (Å²) < 4.78 is 69.9. The number of carbonyl (C=O) groups excluding carboxylic acids is 2. The molecule has 8 rings (SSSR count). The van der Waals surface area contributed by atoms with Crippen LogP contribution in [0.25, 0.3) is 21.8 Å². The Balaban J connectivity index is 0.000000206. The van der Waals surface area contributed by atoms with Crippen LogP contribution in [-0.4, -0.2) is 101 Å². The molecule has 16 nitrogen and oxygen atoms in total. The van der Waals surface area contributed by atoms with Crippen LogP contribution in [0.5, 0.6) is 46.0 Å². The molecule has 2 atom stereocenters. The molecule has 6 aromatic carbocycles. The second-order valence-electron chi connectivity index (χ2n) is 16.6. The number of halogens is 3. The van der Waals surface area contributed by atoms with Crippen molar-refractivity contribution in [3.05, 3.63) is 154 Å². The Bertz CT molecular complexity index is 3250. The number of aromatic amines is 2. The van der Waals surface area contributed by atoms with Crippen molar-refractivity contribution in [1.29, 1.82) is 0 Å². The van der Waals surface area contributed by atoms with Crippen LogP contribution < -0.4 is 48.9 Å². The molecule has 0 aliphatic carbocycles. The molecule has 2 heterocycles. The first-order chi connectivity index (χ1) is 36.1. The number of aliphatic hydroxyl groups excluding tert-OH is 2. The number of Topliss-reactive ketones (excluding diaryl/α,β-unsaturated/α-hetero) is 2. The van der Waals surface area contributed by atoms with E-state index in [1.54, 1.807) is 76.2 Å². The van der Waals surface area contributed by atoms with Gasteiger partial charge in [-0.25, -0.2) is 8.78 Å². The number of benzene rings is 6. The number of rotatable bonds is 20. The van der Waals surface area contributed by atoms with Gasteiger partial charge in [0.25, 0.3) is 0 Å². The first-order valence-corrected chi connectivity index (χ1v) is 24.1. The Labute approximate surface area is 440 Å². The van der Waals surface area contributed by atoms with E-state index < -0.39 is 22.5 Å². The van der Waals surface area contributed by atoms with Crippen LogP contribution >= 0.6 is 15.9 Å². The zero-order valence-electron chi connectivity index (χ0n) is 42.6. The van der Waals surface area contributed by atoms with Gasteiger partial charge in [-0.3, -0.25) is 9.59 Å². The van der Waals surface area contributed by atoms with E-state index in [0.29, 0.717) is 68.1 Å². The highest BCUT2D eigenvalue weighted by atomic mass is 79.9. The van der Waals surface area contributed by atoms with Gasteiger partial charge in [0.15, 0.2) is 11.6 Å². The van der Waals surface area contributed by atoms with E-state index in [2.05, 4.69) is 31.2 Å². The van der Waals surface area contributed by atoms with E-state index in [1.807, 2.05) is 38.1 Å². The number of carbonyl (C=O) groups is 2. The highest BCUT2D eigenvalue weighted by Gasteiger charge is 2.29. The minimum Gasteiger partial charge on any atom is -0.497 e. The van der Waals surface area contributed by atoms with E-state index >= 15 is 0 Å². The second-order valence-corrected chi connectivity index (χ2v) is 17.5. The minimum atomic E-state index is -0.949. The highest BCUT2D eigenvalue weighted by molar-refractivity contribution is 9.09. The normalized spacial score (nSPS) is 11.5. The number of aromatic nitrogens is 2. The fourth-order valence-corrected chi connectivity index (χ4v) is 8.67. The maximum absolute atomic E-state index is 14.1. The number of aryl methyl sites for hydroxylation is 2. The lowest BCUT2D eigenvalue weighted by molar-refractivity contribution is 0.0967. The van der Waals surface area contributed by atoms with Crippen molar-refractivity contribution in [2.75, 3.05) is 80.1 Å². The Morgan fingerprint density at radius 3 is 1.51 bits per heavy atom. The van der Waals surface area contributed by atoms with Crippen LogP contribution in [0.2, 0.25) is 0 Å². The SMILES string of the molecule is COc1cc(N)cc(OCCO)c1.COc1cc(NC(C(=O)c2c[nH]c3cc(OC)c(C)cc23)c2ccc(F)cc2OC)cc(OCCO)c1.COc1cc2[nH]cc(C(=O)C(Br)c3ccc(F)cc3OC)c2cc1C. The number of nitrogen functional groups attached to an aromatic ring is 1. The van der Waals surface area contributed by atoms with E-state index in [4.69, 9.17) is 53.8 Å². The first kappa shape index (κ1) is 56.3. The van der Waals surface area contributed by atoms with Gasteiger partial charge in [0.1, 0.15) is 81.7 Å². The Kier molecular flexibility index (Phi) is 19.7. The molecule has 8 aromatic rings.